The molecular formula is C99H122N16O16. The van der Waals surface area contributed by atoms with Crippen LogP contribution in [0.2, 0.25) is 0 Å². The molecule has 0 aliphatic carbocycles. The number of unbranched alkanes of at least 4 members (excludes halogenated alkanes) is 22. The number of esters is 4. The zero-order valence-electron chi connectivity index (χ0n) is 77.0. The molecule has 0 fully saturated rings. The number of aromatic hydroxyl groups is 4. The van der Waals surface area contributed by atoms with Crippen LogP contribution in [0.25, 0.3) is 0 Å². The van der Waals surface area contributed by atoms with Gasteiger partial charge in [0.1, 0.15) is 69.3 Å². The number of nitrogens with zero attached hydrogens (tertiary/aromatic N) is 16. The van der Waals surface area contributed by atoms with Crippen LogP contribution < -0.4 is 22.2 Å². The maximum absolute atomic E-state index is 13.2. The van der Waals surface area contributed by atoms with Crippen molar-refractivity contribution in [2.75, 3.05) is 20.0 Å². The van der Waals surface area contributed by atoms with E-state index < -0.39 is 76.4 Å². The van der Waals surface area contributed by atoms with Gasteiger partial charge in [-0.05, 0) is 115 Å². The van der Waals surface area contributed by atoms with Crippen LogP contribution in [-0.4, -0.2) is 82.6 Å². The molecule has 0 radical (unpaired) electrons. The monoisotopic (exact) mass is 1790 g/mol. The number of rotatable bonds is 51. The number of carbonyl (C=O) groups excluding carboxylic acids is 4. The highest BCUT2D eigenvalue weighted by Gasteiger charge is 2.27. The van der Waals surface area contributed by atoms with Gasteiger partial charge >= 0.3 is 23.9 Å². The molecule has 32 heteroatoms. The first-order chi connectivity index (χ1) is 63.3. The Morgan fingerprint density at radius 3 is 0.809 bits per heavy atom. The van der Waals surface area contributed by atoms with Crippen LogP contribution >= 0.6 is 0 Å². The van der Waals surface area contributed by atoms with E-state index in [1.807, 2.05) is 12.1 Å². The van der Waals surface area contributed by atoms with Gasteiger partial charge in [-0.15, -0.1) is 40.9 Å². The van der Waals surface area contributed by atoms with Crippen LogP contribution in [0.1, 0.15) is 306 Å². The molecule has 4 N–H and O–H groups in total. The summed E-state index contributed by atoms with van der Waals surface area (Å²) in [5.41, 5.74) is -2.20. The second kappa shape index (κ2) is 55.1. The largest absolute Gasteiger partial charge is 0.493 e. The predicted molar refractivity (Wildman–Crippen MR) is 496 cm³/mol. The highest BCUT2D eigenvalue weighted by atomic mass is 16.7. The minimum Gasteiger partial charge on any atom is -0.493 e. The maximum atomic E-state index is 13.2. The molecule has 131 heavy (non-hydrogen) atoms. The number of hydrogen-bond donors (Lipinski definition) is 4. The number of aromatic nitrogens is 4. The highest BCUT2D eigenvalue weighted by molar-refractivity contribution is 5.97. The third-order valence-electron chi connectivity index (χ3n) is 23.3. The number of nitriles is 4. The molecule has 8 aromatic rings. The lowest BCUT2D eigenvalue weighted by Gasteiger charge is -2.28. The molecule has 0 saturated carbocycles. The lowest BCUT2D eigenvalue weighted by atomic mass is 9.78. The van der Waals surface area contributed by atoms with Crippen molar-refractivity contribution in [3.63, 3.8) is 0 Å². The van der Waals surface area contributed by atoms with Crippen molar-refractivity contribution in [3.8, 4) is 47.8 Å². The van der Waals surface area contributed by atoms with E-state index in [4.69, 9.17) is 18.9 Å². The molecule has 4 aromatic carbocycles. The molecule has 2 unspecified atom stereocenters. The fourth-order valence-electron chi connectivity index (χ4n) is 15.5. The van der Waals surface area contributed by atoms with Crippen LogP contribution in [0.3, 0.4) is 0 Å². The van der Waals surface area contributed by atoms with Gasteiger partial charge in [-0.25, -0.2) is 19.2 Å². The summed E-state index contributed by atoms with van der Waals surface area (Å²) in [4.78, 5) is 104. The summed E-state index contributed by atoms with van der Waals surface area (Å²) in [5, 5.41) is 111. The van der Waals surface area contributed by atoms with E-state index in [-0.39, 0.29) is 125 Å². The summed E-state index contributed by atoms with van der Waals surface area (Å²) >= 11 is 0. The second-order valence-electron chi connectivity index (χ2n) is 32.2. The molecular weight excluding hydrogens is 1670 g/mol. The van der Waals surface area contributed by atoms with Gasteiger partial charge in [-0.1, -0.05) is 242 Å². The molecule has 0 amide bonds. The highest BCUT2D eigenvalue weighted by Crippen LogP contribution is 2.37. The Labute approximate surface area is 764 Å². The third kappa shape index (κ3) is 29.6. The maximum Gasteiger partial charge on any atom is 0.343 e. The number of carbonyl (C=O) groups is 4. The van der Waals surface area contributed by atoms with Crippen LogP contribution in [0.5, 0.6) is 23.5 Å². The minimum absolute atomic E-state index is 0.00200. The summed E-state index contributed by atoms with van der Waals surface area (Å²) < 4.78 is 25.4. The SMILES string of the molecule is CCCCCCCCCC(CCCCCCCCOC(=O)c1ccccc1N=Nc1c(C)c(C#N)c(O)n(CC)c1=O)C(CCCCCCCCC)CCCCCCCCOC(=O)c1ccccc1N=Nc1c(C)c(C#N)c(O)n(CC)c1=O.Cc1c(C#N)c(O)n(C)c(=O)c1N=Nc1ccccc1C(=O)OCOC(=O)c1ccccc1N=Nc1c(C)c(C#N)c(O)n(C)c1=O. The Balaban J connectivity index is 0.000000419. The number of benzene rings is 4. The summed E-state index contributed by atoms with van der Waals surface area (Å²) in [6.45, 7) is 13.9. The van der Waals surface area contributed by atoms with Crippen molar-refractivity contribution in [2.24, 2.45) is 66.8 Å². The Hall–Kier alpha value is -13.9. The van der Waals surface area contributed by atoms with Crippen molar-refractivity contribution in [3.05, 3.63) is 205 Å². The number of hydrogen-bond acceptors (Lipinski definition) is 28. The van der Waals surface area contributed by atoms with Gasteiger partial charge < -0.3 is 39.4 Å². The first kappa shape index (κ1) is 104. The van der Waals surface area contributed by atoms with E-state index in [1.165, 1.54) is 219 Å². The Morgan fingerprint density at radius 1 is 0.321 bits per heavy atom. The Kier molecular flexibility index (Phi) is 43.8. The van der Waals surface area contributed by atoms with E-state index in [0.717, 1.165) is 81.5 Å². The zero-order chi connectivity index (χ0) is 95.3. The van der Waals surface area contributed by atoms with E-state index >= 15 is 0 Å². The smallest absolute Gasteiger partial charge is 0.343 e. The van der Waals surface area contributed by atoms with Crippen LogP contribution in [0, 0.1) is 84.9 Å². The van der Waals surface area contributed by atoms with E-state index in [1.54, 1.807) is 86.6 Å². The fraction of sp³-hybridized carbons (Fsp3) is 0.475. The Bertz CT molecular complexity index is 5460. The van der Waals surface area contributed by atoms with Gasteiger partial charge in [0.25, 0.3) is 22.2 Å². The average molecular weight is 1790 g/mol. The van der Waals surface area contributed by atoms with Gasteiger partial charge in [0.15, 0.2) is 22.7 Å². The Morgan fingerprint density at radius 2 is 0.550 bits per heavy atom. The molecule has 32 nitrogen and oxygen atoms in total. The van der Waals surface area contributed by atoms with Gasteiger partial charge in [0.2, 0.25) is 30.3 Å². The molecule has 0 saturated heterocycles. The normalized spacial score (nSPS) is 11.7. The summed E-state index contributed by atoms with van der Waals surface area (Å²) in [6.07, 6.45) is 36.6. The fourth-order valence-corrected chi connectivity index (χ4v) is 15.5. The van der Waals surface area contributed by atoms with E-state index in [2.05, 4.69) is 54.8 Å². The molecule has 2 atom stereocenters. The zero-order valence-corrected chi connectivity index (χ0v) is 77.0. The lowest BCUT2D eigenvalue weighted by Crippen LogP contribution is -2.20. The summed E-state index contributed by atoms with van der Waals surface area (Å²) in [5.74, 6) is -3.26. The van der Waals surface area contributed by atoms with Gasteiger partial charge in [-0.3, -0.25) is 37.4 Å². The molecule has 4 heterocycles. The number of pyridine rings is 4. The van der Waals surface area contributed by atoms with E-state index in [0.29, 0.717) is 13.2 Å². The van der Waals surface area contributed by atoms with Crippen molar-refractivity contribution >= 4 is 69.4 Å². The quantitative estimate of drug-likeness (QED) is 0.00904. The summed E-state index contributed by atoms with van der Waals surface area (Å²) in [7, 11) is 2.52. The molecule has 8 rings (SSSR count). The van der Waals surface area contributed by atoms with Crippen LogP contribution in [-0.2, 0) is 46.1 Å². The topological polar surface area (TPSA) is 468 Å². The molecule has 0 aliphatic rings. The molecule has 0 aliphatic heterocycles. The first-order valence-corrected chi connectivity index (χ1v) is 45.4. The average Bonchev–Trinajstić information content (AvgIpc) is 0.808. The third-order valence-corrected chi connectivity index (χ3v) is 23.3. The van der Waals surface area contributed by atoms with Crippen molar-refractivity contribution in [2.45, 2.75) is 261 Å². The molecule has 4 aromatic heterocycles. The lowest BCUT2D eigenvalue weighted by molar-refractivity contribution is -0.0167. The van der Waals surface area contributed by atoms with Crippen molar-refractivity contribution < 1.29 is 58.6 Å². The van der Waals surface area contributed by atoms with Gasteiger partial charge in [0, 0.05) is 49.4 Å². The summed E-state index contributed by atoms with van der Waals surface area (Å²) in [6, 6.07) is 32.6. The second-order valence-corrected chi connectivity index (χ2v) is 32.2. The number of ether oxygens (including phenoxy) is 4. The van der Waals surface area contributed by atoms with Gasteiger partial charge in [-0.2, -0.15) is 21.0 Å². The molecule has 694 valence electrons. The van der Waals surface area contributed by atoms with E-state index in [9.17, 15) is 79.8 Å². The van der Waals surface area contributed by atoms with Crippen LogP contribution in [0.4, 0.5) is 45.5 Å². The first-order valence-electron chi connectivity index (χ1n) is 45.4. The number of azo groups is 4. The standard InChI is InChI=1S/C68H98N8O8.C31H24N8O8/c1-7-11-13-15-17-23-29-39-53(41-31-25-19-21-27-37-47-83-67(81)55-43-33-35-45-59(55)71-73-61-51(5)57(49-69)63(77)75(9-3)65(61)79)54(40-30-24-18-16-14-12-8-2)42-32-26-20-22-28-38-48-84-68(82)56-44-34-36-46-60(56)72-74-62-52(6)58(50-70)64(78)76(10-4)66(62)80;1-16-20(13-32)26(40)38(3)28(42)24(16)36-34-22-11-7-5-9-18(22)30(44)46-15-47-31(45)19-10-6-8-12-23(19)35-37-25-17(2)21(14-33)27(41)39(4)29(25)43/h33-36,43-46,53-54,77-78H,7-32,37-42,47-48H2,1-6H3;5-12,40-41H,15H2,1-4H3. The van der Waals surface area contributed by atoms with Gasteiger partial charge in [0.05, 0.1) is 35.5 Å². The van der Waals surface area contributed by atoms with Crippen molar-refractivity contribution in [1.29, 1.82) is 21.0 Å². The minimum atomic E-state index is -0.944. The predicted octanol–water partition coefficient (Wildman–Crippen LogP) is 23.3. The van der Waals surface area contributed by atoms with Crippen molar-refractivity contribution in [1.82, 2.24) is 18.3 Å². The van der Waals surface area contributed by atoms with Crippen LogP contribution in [0.15, 0.2) is 157 Å². The molecule has 0 bridgehead atoms. The molecule has 0 spiro atoms.